The molecule has 5 nitrogen and oxygen atoms in total. The van der Waals surface area contributed by atoms with Crippen molar-refractivity contribution in [2.45, 2.75) is 6.42 Å². The van der Waals surface area contributed by atoms with E-state index in [4.69, 9.17) is 5.73 Å². The molecule has 2 rings (SSSR count). The SMILES string of the molecule is Cn1ncc(C(=O)NCCc2ccccc2)c1N. The number of nitrogens with zero attached hydrogens (tertiary/aromatic N) is 2. The second-order valence-electron chi connectivity index (χ2n) is 4.06. The van der Waals surface area contributed by atoms with Crippen LogP contribution in [-0.2, 0) is 13.5 Å². The Morgan fingerprint density at radius 3 is 2.72 bits per heavy atom. The van der Waals surface area contributed by atoms with Crippen LogP contribution in [0.25, 0.3) is 0 Å². The number of nitrogens with two attached hydrogens (primary N) is 1. The van der Waals surface area contributed by atoms with Crippen LogP contribution in [0.4, 0.5) is 5.82 Å². The summed E-state index contributed by atoms with van der Waals surface area (Å²) in [7, 11) is 1.70. The van der Waals surface area contributed by atoms with Crippen LogP contribution >= 0.6 is 0 Å². The van der Waals surface area contributed by atoms with Gasteiger partial charge in [-0.1, -0.05) is 30.3 Å². The minimum atomic E-state index is -0.184. The van der Waals surface area contributed by atoms with E-state index < -0.39 is 0 Å². The first-order valence-corrected chi connectivity index (χ1v) is 5.78. The average molecular weight is 244 g/mol. The second-order valence-corrected chi connectivity index (χ2v) is 4.06. The van der Waals surface area contributed by atoms with E-state index in [1.54, 1.807) is 7.05 Å². The van der Waals surface area contributed by atoms with E-state index in [2.05, 4.69) is 10.4 Å². The molecule has 0 fully saturated rings. The molecule has 3 N–H and O–H groups in total. The van der Waals surface area contributed by atoms with Crippen LogP contribution in [0.2, 0.25) is 0 Å². The topological polar surface area (TPSA) is 72.9 Å². The highest BCUT2D eigenvalue weighted by atomic mass is 16.1. The number of benzene rings is 1. The monoisotopic (exact) mass is 244 g/mol. The number of carbonyl (C=O) groups is 1. The van der Waals surface area contributed by atoms with E-state index in [-0.39, 0.29) is 5.91 Å². The van der Waals surface area contributed by atoms with Gasteiger partial charge in [0.15, 0.2) is 0 Å². The summed E-state index contributed by atoms with van der Waals surface area (Å²) in [5, 5.41) is 6.76. The predicted molar refractivity (Wildman–Crippen MR) is 70.1 cm³/mol. The molecule has 0 unspecified atom stereocenters. The van der Waals surface area contributed by atoms with Gasteiger partial charge in [0, 0.05) is 13.6 Å². The van der Waals surface area contributed by atoms with Crippen LogP contribution in [0.5, 0.6) is 0 Å². The van der Waals surface area contributed by atoms with Gasteiger partial charge < -0.3 is 11.1 Å². The molecule has 1 amide bonds. The number of hydrogen-bond acceptors (Lipinski definition) is 3. The van der Waals surface area contributed by atoms with Crippen molar-refractivity contribution in [2.75, 3.05) is 12.3 Å². The molecule has 0 aliphatic carbocycles. The number of carbonyl (C=O) groups excluding carboxylic acids is 1. The van der Waals surface area contributed by atoms with Gasteiger partial charge in [0.05, 0.1) is 6.20 Å². The third kappa shape index (κ3) is 2.68. The lowest BCUT2D eigenvalue weighted by molar-refractivity contribution is 0.0955. The Bertz CT molecular complexity index is 533. The Balaban J connectivity index is 1.88. The molecule has 94 valence electrons. The molecule has 5 heteroatoms. The molecule has 0 saturated heterocycles. The Kier molecular flexibility index (Phi) is 3.62. The Morgan fingerprint density at radius 1 is 1.39 bits per heavy atom. The summed E-state index contributed by atoms with van der Waals surface area (Å²) in [6.07, 6.45) is 2.28. The number of nitrogens with one attached hydrogen (secondary N) is 1. The van der Waals surface area contributed by atoms with E-state index in [0.29, 0.717) is 17.9 Å². The van der Waals surface area contributed by atoms with Crippen molar-refractivity contribution in [2.24, 2.45) is 7.05 Å². The van der Waals surface area contributed by atoms with Crippen LogP contribution < -0.4 is 11.1 Å². The van der Waals surface area contributed by atoms with Gasteiger partial charge in [0.1, 0.15) is 11.4 Å². The summed E-state index contributed by atoms with van der Waals surface area (Å²) in [5.41, 5.74) is 7.34. The molecule has 0 aliphatic heterocycles. The molecule has 0 saturated carbocycles. The number of aryl methyl sites for hydroxylation is 1. The smallest absolute Gasteiger partial charge is 0.256 e. The first kappa shape index (κ1) is 12.2. The number of aromatic nitrogens is 2. The lowest BCUT2D eigenvalue weighted by Crippen LogP contribution is -2.26. The fraction of sp³-hybridized carbons (Fsp3) is 0.231. The van der Waals surface area contributed by atoms with Crippen molar-refractivity contribution < 1.29 is 4.79 Å². The van der Waals surface area contributed by atoms with Crippen molar-refractivity contribution in [1.29, 1.82) is 0 Å². The van der Waals surface area contributed by atoms with E-state index in [9.17, 15) is 4.79 Å². The molecular formula is C13H16N4O. The first-order valence-electron chi connectivity index (χ1n) is 5.78. The Morgan fingerprint density at radius 2 is 2.11 bits per heavy atom. The lowest BCUT2D eigenvalue weighted by Gasteiger charge is -2.04. The minimum absolute atomic E-state index is 0.184. The Hall–Kier alpha value is -2.30. The quantitative estimate of drug-likeness (QED) is 0.842. The van der Waals surface area contributed by atoms with Crippen LogP contribution in [-0.4, -0.2) is 22.2 Å². The second kappa shape index (κ2) is 5.35. The summed E-state index contributed by atoms with van der Waals surface area (Å²) in [6.45, 7) is 0.581. The van der Waals surface area contributed by atoms with Gasteiger partial charge in [-0.05, 0) is 12.0 Å². The fourth-order valence-corrected chi connectivity index (χ4v) is 1.68. The zero-order valence-electron chi connectivity index (χ0n) is 10.3. The standard InChI is InChI=1S/C13H16N4O/c1-17-12(14)11(9-16-17)13(18)15-8-7-10-5-3-2-4-6-10/h2-6,9H,7-8,14H2,1H3,(H,15,18). The summed E-state index contributed by atoms with van der Waals surface area (Å²) < 4.78 is 1.48. The third-order valence-corrected chi connectivity index (χ3v) is 2.77. The lowest BCUT2D eigenvalue weighted by atomic mass is 10.1. The van der Waals surface area contributed by atoms with Crippen LogP contribution in [0.1, 0.15) is 15.9 Å². The van der Waals surface area contributed by atoms with E-state index >= 15 is 0 Å². The third-order valence-electron chi connectivity index (χ3n) is 2.77. The number of amides is 1. The highest BCUT2D eigenvalue weighted by Gasteiger charge is 2.12. The molecule has 2 aromatic rings. The number of hydrogen-bond donors (Lipinski definition) is 2. The maximum absolute atomic E-state index is 11.8. The van der Waals surface area contributed by atoms with Gasteiger partial charge in [-0.3, -0.25) is 9.48 Å². The van der Waals surface area contributed by atoms with Gasteiger partial charge in [-0.2, -0.15) is 5.10 Å². The minimum Gasteiger partial charge on any atom is -0.383 e. The molecule has 1 heterocycles. The average Bonchev–Trinajstić information content (AvgIpc) is 2.71. The van der Waals surface area contributed by atoms with E-state index in [1.807, 2.05) is 30.3 Å². The molecule has 0 atom stereocenters. The first-order chi connectivity index (χ1) is 8.68. The van der Waals surface area contributed by atoms with E-state index in [0.717, 1.165) is 6.42 Å². The molecule has 1 aromatic carbocycles. The van der Waals surface area contributed by atoms with Crippen molar-refractivity contribution in [3.63, 3.8) is 0 Å². The highest BCUT2D eigenvalue weighted by Crippen LogP contribution is 2.08. The van der Waals surface area contributed by atoms with Crippen molar-refractivity contribution in [3.8, 4) is 0 Å². The normalized spacial score (nSPS) is 10.3. The van der Waals surface area contributed by atoms with Gasteiger partial charge in [-0.25, -0.2) is 0 Å². The zero-order valence-corrected chi connectivity index (χ0v) is 10.3. The summed E-state index contributed by atoms with van der Waals surface area (Å²) in [6, 6.07) is 10.0. The molecule has 1 aromatic heterocycles. The van der Waals surface area contributed by atoms with Gasteiger partial charge in [0.25, 0.3) is 5.91 Å². The summed E-state index contributed by atoms with van der Waals surface area (Å²) >= 11 is 0. The largest absolute Gasteiger partial charge is 0.383 e. The molecule has 0 radical (unpaired) electrons. The summed E-state index contributed by atoms with van der Waals surface area (Å²) in [5.74, 6) is 0.198. The number of rotatable bonds is 4. The molecule has 18 heavy (non-hydrogen) atoms. The van der Waals surface area contributed by atoms with Crippen molar-refractivity contribution in [1.82, 2.24) is 15.1 Å². The predicted octanol–water partition coefficient (Wildman–Crippen LogP) is 0.975. The summed E-state index contributed by atoms with van der Waals surface area (Å²) in [4.78, 5) is 11.8. The van der Waals surface area contributed by atoms with Crippen molar-refractivity contribution in [3.05, 3.63) is 47.7 Å². The molecule has 0 bridgehead atoms. The Labute approximate surface area is 106 Å². The number of anilines is 1. The van der Waals surface area contributed by atoms with Crippen LogP contribution in [0, 0.1) is 0 Å². The fourth-order valence-electron chi connectivity index (χ4n) is 1.68. The van der Waals surface area contributed by atoms with Crippen LogP contribution in [0.15, 0.2) is 36.5 Å². The number of nitrogen functional groups attached to an aromatic ring is 1. The maximum Gasteiger partial charge on any atom is 0.256 e. The zero-order chi connectivity index (χ0) is 13.0. The van der Waals surface area contributed by atoms with Gasteiger partial charge >= 0.3 is 0 Å². The van der Waals surface area contributed by atoms with Gasteiger partial charge in [0.2, 0.25) is 0 Å². The maximum atomic E-state index is 11.8. The van der Waals surface area contributed by atoms with Crippen molar-refractivity contribution >= 4 is 11.7 Å². The van der Waals surface area contributed by atoms with Crippen LogP contribution in [0.3, 0.4) is 0 Å². The van der Waals surface area contributed by atoms with E-state index in [1.165, 1.54) is 16.4 Å². The molecule has 0 spiro atoms. The molecule has 0 aliphatic rings. The highest BCUT2D eigenvalue weighted by molar-refractivity contribution is 5.98. The molecular weight excluding hydrogens is 228 g/mol. The van der Waals surface area contributed by atoms with Gasteiger partial charge in [-0.15, -0.1) is 0 Å².